The maximum atomic E-state index is 12.8. The monoisotopic (exact) mass is 642 g/mol. The Morgan fingerprint density at radius 1 is 0.783 bits per heavy atom. The predicted molar refractivity (Wildman–Crippen MR) is 169 cm³/mol. The molecule has 0 unspecified atom stereocenters. The standard InChI is InChI=1S/C34H46N2O10/c1-34(2,3)46-32(39)12-16-41-18-20-43-22-23-44-21-19-42-17-13-35-31(38)24-36(14-15-37)33(40)45-25-30-28-10-6-4-8-26(28)27-9-5-7-11-29(27)30/h4-11,15,30H,12-14,16-25H2,1-3H3,(H,35,38). The van der Waals surface area contributed by atoms with E-state index in [9.17, 15) is 19.2 Å². The lowest BCUT2D eigenvalue weighted by Crippen LogP contribution is -2.43. The molecular formula is C34H46N2O10. The molecule has 0 atom stereocenters. The fourth-order valence-corrected chi connectivity index (χ4v) is 4.78. The minimum absolute atomic E-state index is 0.0949. The number of carbonyl (C=O) groups excluding carboxylic acids is 4. The lowest BCUT2D eigenvalue weighted by atomic mass is 9.98. The molecule has 0 aliphatic heterocycles. The first-order valence-electron chi connectivity index (χ1n) is 15.5. The summed E-state index contributed by atoms with van der Waals surface area (Å²) in [6.07, 6.45) is 0.0302. The van der Waals surface area contributed by atoms with Crippen LogP contribution in [0.15, 0.2) is 48.5 Å². The van der Waals surface area contributed by atoms with Gasteiger partial charge in [0, 0.05) is 12.5 Å². The molecule has 46 heavy (non-hydrogen) atoms. The Bertz CT molecular complexity index is 1220. The van der Waals surface area contributed by atoms with E-state index in [4.69, 9.17) is 28.4 Å². The molecule has 2 aromatic rings. The predicted octanol–water partition coefficient (Wildman–Crippen LogP) is 3.35. The normalized spacial score (nSPS) is 12.2. The average Bonchev–Trinajstić information content (AvgIpc) is 3.34. The van der Waals surface area contributed by atoms with Crippen molar-refractivity contribution in [1.29, 1.82) is 0 Å². The van der Waals surface area contributed by atoms with Gasteiger partial charge in [-0.05, 0) is 43.0 Å². The minimum atomic E-state index is -0.729. The molecule has 0 fully saturated rings. The largest absolute Gasteiger partial charge is 0.460 e. The molecule has 1 aliphatic carbocycles. The first kappa shape index (κ1) is 36.6. The Hall–Kier alpha value is -3.84. The van der Waals surface area contributed by atoms with Gasteiger partial charge in [-0.15, -0.1) is 0 Å². The Balaban J connectivity index is 1.20. The summed E-state index contributed by atoms with van der Waals surface area (Å²) in [5, 5.41) is 2.68. The van der Waals surface area contributed by atoms with Crippen LogP contribution < -0.4 is 5.32 Å². The van der Waals surface area contributed by atoms with Crippen molar-refractivity contribution < 1.29 is 47.6 Å². The second kappa shape index (κ2) is 19.6. The molecule has 1 aliphatic rings. The average molecular weight is 643 g/mol. The highest BCUT2D eigenvalue weighted by Crippen LogP contribution is 2.44. The first-order chi connectivity index (χ1) is 22.2. The smallest absolute Gasteiger partial charge is 0.410 e. The van der Waals surface area contributed by atoms with Crippen molar-refractivity contribution in [2.45, 2.75) is 38.7 Å². The van der Waals surface area contributed by atoms with Gasteiger partial charge < -0.3 is 38.5 Å². The number of hydrogen-bond acceptors (Lipinski definition) is 10. The number of nitrogens with one attached hydrogen (secondary N) is 1. The molecular weight excluding hydrogens is 596 g/mol. The number of carbonyl (C=O) groups is 4. The molecule has 0 saturated heterocycles. The van der Waals surface area contributed by atoms with Gasteiger partial charge in [0.1, 0.15) is 25.0 Å². The molecule has 12 nitrogen and oxygen atoms in total. The van der Waals surface area contributed by atoms with Gasteiger partial charge in [-0.1, -0.05) is 48.5 Å². The molecule has 252 valence electrons. The van der Waals surface area contributed by atoms with Crippen molar-refractivity contribution in [3.63, 3.8) is 0 Å². The molecule has 0 bridgehead atoms. The van der Waals surface area contributed by atoms with Gasteiger partial charge in [0.25, 0.3) is 0 Å². The van der Waals surface area contributed by atoms with Crippen molar-refractivity contribution >= 4 is 24.3 Å². The number of ether oxygens (including phenoxy) is 6. The molecule has 2 aromatic carbocycles. The molecule has 0 spiro atoms. The highest BCUT2D eigenvalue weighted by molar-refractivity contribution is 5.83. The van der Waals surface area contributed by atoms with Gasteiger partial charge in [-0.3, -0.25) is 14.5 Å². The van der Waals surface area contributed by atoms with Crippen LogP contribution in [-0.2, 0) is 42.8 Å². The van der Waals surface area contributed by atoms with Crippen LogP contribution in [0.1, 0.15) is 44.2 Å². The third kappa shape index (κ3) is 12.9. The topological polar surface area (TPSA) is 139 Å². The van der Waals surface area contributed by atoms with Crippen molar-refractivity contribution in [2.75, 3.05) is 79.1 Å². The van der Waals surface area contributed by atoms with Gasteiger partial charge >= 0.3 is 12.1 Å². The Morgan fingerprint density at radius 2 is 1.30 bits per heavy atom. The maximum absolute atomic E-state index is 12.8. The van der Waals surface area contributed by atoms with Crippen LogP contribution in [0.5, 0.6) is 0 Å². The summed E-state index contributed by atoms with van der Waals surface area (Å²) in [6, 6.07) is 16.0. The molecule has 1 N–H and O–H groups in total. The fourth-order valence-electron chi connectivity index (χ4n) is 4.78. The van der Waals surface area contributed by atoms with E-state index < -0.39 is 17.6 Å². The second-order valence-corrected chi connectivity index (χ2v) is 11.5. The quantitative estimate of drug-likeness (QED) is 0.123. The molecule has 0 aromatic heterocycles. The zero-order valence-corrected chi connectivity index (χ0v) is 27.0. The van der Waals surface area contributed by atoms with E-state index in [-0.39, 0.29) is 57.8 Å². The van der Waals surface area contributed by atoms with Gasteiger partial charge in [-0.2, -0.15) is 0 Å². The summed E-state index contributed by atoms with van der Waals surface area (Å²) in [5.74, 6) is -0.847. The van der Waals surface area contributed by atoms with Crippen molar-refractivity contribution in [3.05, 3.63) is 59.7 Å². The van der Waals surface area contributed by atoms with E-state index >= 15 is 0 Å². The van der Waals surface area contributed by atoms with Gasteiger partial charge in [0.05, 0.1) is 65.8 Å². The van der Waals surface area contributed by atoms with Crippen molar-refractivity contribution in [2.24, 2.45) is 0 Å². The summed E-state index contributed by atoms with van der Waals surface area (Å²) in [6.45, 7) is 7.99. The van der Waals surface area contributed by atoms with Gasteiger partial charge in [0.2, 0.25) is 5.91 Å². The van der Waals surface area contributed by atoms with Crippen molar-refractivity contribution in [3.8, 4) is 11.1 Å². The van der Waals surface area contributed by atoms with Crippen LogP contribution in [0.4, 0.5) is 4.79 Å². The Labute approximate surface area is 270 Å². The molecule has 0 saturated carbocycles. The number of benzene rings is 2. The van der Waals surface area contributed by atoms with Crippen LogP contribution in [0.3, 0.4) is 0 Å². The number of rotatable bonds is 21. The lowest BCUT2D eigenvalue weighted by Gasteiger charge is -2.21. The van der Waals surface area contributed by atoms with Crippen LogP contribution in [-0.4, -0.2) is 114 Å². The van der Waals surface area contributed by atoms with Crippen LogP contribution >= 0.6 is 0 Å². The van der Waals surface area contributed by atoms with E-state index in [2.05, 4.69) is 5.32 Å². The number of nitrogens with zero attached hydrogens (tertiary/aromatic N) is 1. The third-order valence-electron chi connectivity index (χ3n) is 6.78. The second-order valence-electron chi connectivity index (χ2n) is 11.5. The van der Waals surface area contributed by atoms with Crippen molar-refractivity contribution in [1.82, 2.24) is 10.2 Å². The fraction of sp³-hybridized carbons (Fsp3) is 0.529. The summed E-state index contributed by atoms with van der Waals surface area (Å²) in [7, 11) is 0. The van der Waals surface area contributed by atoms with Crippen LogP contribution in [0, 0.1) is 0 Å². The summed E-state index contributed by atoms with van der Waals surface area (Å²) < 4.78 is 32.5. The summed E-state index contributed by atoms with van der Waals surface area (Å²) in [5.41, 5.74) is 3.87. The molecule has 3 rings (SSSR count). The summed E-state index contributed by atoms with van der Waals surface area (Å²) >= 11 is 0. The van der Waals surface area contributed by atoms with E-state index in [1.165, 1.54) is 0 Å². The van der Waals surface area contributed by atoms with E-state index in [1.807, 2.05) is 69.3 Å². The van der Waals surface area contributed by atoms with Crippen LogP contribution in [0.2, 0.25) is 0 Å². The highest BCUT2D eigenvalue weighted by atomic mass is 16.6. The van der Waals surface area contributed by atoms with Crippen LogP contribution in [0.25, 0.3) is 11.1 Å². The lowest BCUT2D eigenvalue weighted by molar-refractivity contribution is -0.156. The number of fused-ring (bicyclic) bond motifs is 3. The molecule has 0 radical (unpaired) electrons. The number of amides is 2. The number of aldehydes is 1. The summed E-state index contributed by atoms with van der Waals surface area (Å²) in [4.78, 5) is 49.1. The number of hydrogen-bond donors (Lipinski definition) is 1. The maximum Gasteiger partial charge on any atom is 0.410 e. The first-order valence-corrected chi connectivity index (χ1v) is 15.5. The number of esters is 1. The third-order valence-corrected chi connectivity index (χ3v) is 6.78. The van der Waals surface area contributed by atoms with E-state index in [0.717, 1.165) is 27.2 Å². The molecule has 2 amide bonds. The van der Waals surface area contributed by atoms with Gasteiger partial charge in [-0.25, -0.2) is 4.79 Å². The Kier molecular flexibility index (Phi) is 15.6. The minimum Gasteiger partial charge on any atom is -0.460 e. The van der Waals surface area contributed by atoms with E-state index in [0.29, 0.717) is 45.9 Å². The zero-order chi connectivity index (χ0) is 33.2. The molecule has 0 heterocycles. The SMILES string of the molecule is CC(C)(C)OC(=O)CCOCCOCCOCCOCCNC(=O)CN(CC=O)C(=O)OCC1c2ccccc2-c2ccccc21. The zero-order valence-electron chi connectivity index (χ0n) is 27.0. The highest BCUT2D eigenvalue weighted by Gasteiger charge is 2.30. The molecule has 12 heteroatoms. The Morgan fingerprint density at radius 3 is 1.85 bits per heavy atom. The van der Waals surface area contributed by atoms with E-state index in [1.54, 1.807) is 0 Å². The van der Waals surface area contributed by atoms with Gasteiger partial charge in [0.15, 0.2) is 0 Å².